The van der Waals surface area contributed by atoms with Crippen LogP contribution in [-0.4, -0.2) is 23.0 Å². The van der Waals surface area contributed by atoms with Crippen molar-refractivity contribution in [2.45, 2.75) is 6.92 Å². The second-order valence-corrected chi connectivity index (χ2v) is 5.53. The number of thiazole rings is 1. The van der Waals surface area contributed by atoms with E-state index in [0.29, 0.717) is 5.69 Å². The molecular weight excluding hydrogens is 272 g/mol. The van der Waals surface area contributed by atoms with Crippen molar-refractivity contribution in [2.24, 2.45) is 0 Å². The second-order valence-electron chi connectivity index (χ2n) is 4.33. The topological polar surface area (TPSA) is 52.1 Å². The van der Waals surface area contributed by atoms with Crippen LogP contribution in [0.15, 0.2) is 36.5 Å². The van der Waals surface area contributed by atoms with Crippen LogP contribution in [-0.2, 0) is 4.74 Å². The van der Waals surface area contributed by atoms with Crippen LogP contribution >= 0.6 is 11.3 Å². The average molecular weight is 284 g/mol. The molecule has 0 fully saturated rings. The number of carbonyl (C=O) groups is 1. The highest BCUT2D eigenvalue weighted by Crippen LogP contribution is 2.29. The molecule has 0 saturated carbocycles. The Hall–Kier alpha value is -2.27. The van der Waals surface area contributed by atoms with Crippen LogP contribution in [0, 0.1) is 6.92 Å². The van der Waals surface area contributed by atoms with E-state index in [9.17, 15) is 4.79 Å². The molecule has 2 aromatic heterocycles. The Morgan fingerprint density at radius 1 is 1.30 bits per heavy atom. The van der Waals surface area contributed by atoms with Crippen LogP contribution in [0.4, 0.5) is 0 Å². The number of aromatic nitrogens is 2. The highest BCUT2D eigenvalue weighted by Gasteiger charge is 2.16. The monoisotopic (exact) mass is 284 g/mol. The SMILES string of the molecule is COC(=O)c1nc(-c2ccc3ncccc3c2)sc1C. The molecule has 0 spiro atoms. The minimum Gasteiger partial charge on any atom is -0.464 e. The first-order valence-electron chi connectivity index (χ1n) is 6.10. The van der Waals surface area contributed by atoms with E-state index in [0.717, 1.165) is 26.4 Å². The van der Waals surface area contributed by atoms with Gasteiger partial charge in [0.05, 0.1) is 12.6 Å². The minimum absolute atomic E-state index is 0.388. The summed E-state index contributed by atoms with van der Waals surface area (Å²) in [5.41, 5.74) is 2.31. The zero-order valence-electron chi connectivity index (χ0n) is 11.1. The lowest BCUT2D eigenvalue weighted by Crippen LogP contribution is -2.03. The summed E-state index contributed by atoms with van der Waals surface area (Å²) in [7, 11) is 1.36. The van der Waals surface area contributed by atoms with Gasteiger partial charge in [-0.3, -0.25) is 4.98 Å². The molecule has 0 bridgehead atoms. The third-order valence-corrected chi connectivity index (χ3v) is 4.05. The van der Waals surface area contributed by atoms with Crippen molar-refractivity contribution in [2.75, 3.05) is 7.11 Å². The molecule has 0 aliphatic carbocycles. The van der Waals surface area contributed by atoms with Crippen molar-refractivity contribution in [1.82, 2.24) is 9.97 Å². The van der Waals surface area contributed by atoms with E-state index >= 15 is 0 Å². The van der Waals surface area contributed by atoms with Crippen molar-refractivity contribution in [3.63, 3.8) is 0 Å². The number of aryl methyl sites for hydroxylation is 1. The third kappa shape index (κ3) is 2.16. The van der Waals surface area contributed by atoms with Crippen LogP contribution < -0.4 is 0 Å². The van der Waals surface area contributed by atoms with Gasteiger partial charge < -0.3 is 4.74 Å². The molecule has 2 heterocycles. The van der Waals surface area contributed by atoms with Crippen LogP contribution in [0.2, 0.25) is 0 Å². The van der Waals surface area contributed by atoms with Gasteiger partial charge in [-0.05, 0) is 31.2 Å². The van der Waals surface area contributed by atoms with Gasteiger partial charge in [-0.1, -0.05) is 6.07 Å². The number of hydrogen-bond acceptors (Lipinski definition) is 5. The summed E-state index contributed by atoms with van der Waals surface area (Å²) in [6.45, 7) is 1.87. The Morgan fingerprint density at radius 2 is 2.15 bits per heavy atom. The molecule has 5 heteroatoms. The lowest BCUT2D eigenvalue weighted by atomic mass is 10.1. The summed E-state index contributed by atoms with van der Waals surface area (Å²) < 4.78 is 4.73. The van der Waals surface area contributed by atoms with Crippen LogP contribution in [0.1, 0.15) is 15.4 Å². The highest BCUT2D eigenvalue weighted by atomic mass is 32.1. The van der Waals surface area contributed by atoms with Crippen molar-refractivity contribution in [3.8, 4) is 10.6 Å². The fraction of sp³-hybridized carbons (Fsp3) is 0.133. The second kappa shape index (κ2) is 5.02. The molecule has 0 N–H and O–H groups in total. The van der Waals surface area contributed by atoms with E-state index in [1.54, 1.807) is 6.20 Å². The summed E-state index contributed by atoms with van der Waals surface area (Å²) in [5, 5.41) is 1.87. The standard InChI is InChI=1S/C15H12N2O2S/c1-9-13(15(18)19-2)17-14(20-9)11-5-6-12-10(8-11)4-3-7-16-12/h3-8H,1-2H3. The molecule has 3 rings (SSSR count). The van der Waals surface area contributed by atoms with Gasteiger partial charge in [-0.25, -0.2) is 9.78 Å². The highest BCUT2D eigenvalue weighted by molar-refractivity contribution is 7.15. The lowest BCUT2D eigenvalue weighted by molar-refractivity contribution is 0.0594. The number of pyridine rings is 1. The molecule has 100 valence electrons. The van der Waals surface area contributed by atoms with E-state index in [1.165, 1.54) is 18.4 Å². The average Bonchev–Trinajstić information content (AvgIpc) is 2.88. The van der Waals surface area contributed by atoms with Gasteiger partial charge in [0.25, 0.3) is 0 Å². The Labute approximate surface area is 120 Å². The van der Waals surface area contributed by atoms with Gasteiger partial charge in [0.15, 0.2) is 5.69 Å². The Morgan fingerprint density at radius 3 is 2.95 bits per heavy atom. The number of nitrogens with zero attached hydrogens (tertiary/aromatic N) is 2. The Kier molecular flexibility index (Phi) is 3.20. The summed E-state index contributed by atoms with van der Waals surface area (Å²) in [6.07, 6.45) is 1.77. The van der Waals surface area contributed by atoms with E-state index in [-0.39, 0.29) is 0 Å². The van der Waals surface area contributed by atoms with E-state index in [1.807, 2.05) is 37.3 Å². The molecule has 0 radical (unpaired) electrons. The van der Waals surface area contributed by atoms with Crippen molar-refractivity contribution in [3.05, 3.63) is 47.1 Å². The first-order chi connectivity index (χ1) is 9.69. The third-order valence-electron chi connectivity index (χ3n) is 3.03. The van der Waals surface area contributed by atoms with Crippen LogP contribution in [0.5, 0.6) is 0 Å². The van der Waals surface area contributed by atoms with Gasteiger partial charge in [0.1, 0.15) is 5.01 Å². The first-order valence-corrected chi connectivity index (χ1v) is 6.91. The quantitative estimate of drug-likeness (QED) is 0.676. The maximum absolute atomic E-state index is 11.6. The smallest absolute Gasteiger partial charge is 0.357 e. The van der Waals surface area contributed by atoms with Gasteiger partial charge in [-0.2, -0.15) is 0 Å². The van der Waals surface area contributed by atoms with Gasteiger partial charge in [-0.15, -0.1) is 11.3 Å². The molecule has 0 unspecified atom stereocenters. The number of esters is 1. The molecule has 0 atom stereocenters. The predicted molar refractivity (Wildman–Crippen MR) is 78.9 cm³/mol. The fourth-order valence-corrected chi connectivity index (χ4v) is 2.91. The minimum atomic E-state index is -0.396. The van der Waals surface area contributed by atoms with Crippen LogP contribution in [0.3, 0.4) is 0 Å². The van der Waals surface area contributed by atoms with Crippen molar-refractivity contribution in [1.29, 1.82) is 0 Å². The summed E-state index contributed by atoms with van der Waals surface area (Å²) in [4.78, 5) is 21.1. The van der Waals surface area contributed by atoms with E-state index in [4.69, 9.17) is 4.74 Å². The normalized spacial score (nSPS) is 10.7. The maximum atomic E-state index is 11.6. The molecule has 4 nitrogen and oxygen atoms in total. The van der Waals surface area contributed by atoms with Crippen molar-refractivity contribution < 1.29 is 9.53 Å². The molecule has 0 aliphatic heterocycles. The first kappa shape index (κ1) is 12.7. The molecule has 0 aliphatic rings. The van der Waals surface area contributed by atoms with Crippen LogP contribution in [0.25, 0.3) is 21.5 Å². The number of ether oxygens (including phenoxy) is 1. The molecule has 0 amide bonds. The zero-order valence-corrected chi connectivity index (χ0v) is 11.9. The number of methoxy groups -OCH3 is 1. The molecule has 0 saturated heterocycles. The fourth-order valence-electron chi connectivity index (χ4n) is 2.01. The Balaban J connectivity index is 2.09. The largest absolute Gasteiger partial charge is 0.464 e. The number of benzene rings is 1. The number of fused-ring (bicyclic) bond motifs is 1. The predicted octanol–water partition coefficient (Wildman–Crippen LogP) is 3.45. The summed E-state index contributed by atoms with van der Waals surface area (Å²) >= 11 is 1.49. The molecule has 20 heavy (non-hydrogen) atoms. The Bertz CT molecular complexity index is 795. The molecule has 1 aromatic carbocycles. The molecule has 3 aromatic rings. The van der Waals surface area contributed by atoms with E-state index in [2.05, 4.69) is 9.97 Å². The number of carbonyl (C=O) groups excluding carboxylic acids is 1. The number of rotatable bonds is 2. The van der Waals surface area contributed by atoms with Gasteiger partial charge in [0.2, 0.25) is 0 Å². The van der Waals surface area contributed by atoms with Gasteiger partial charge >= 0.3 is 5.97 Å². The maximum Gasteiger partial charge on any atom is 0.357 e. The summed E-state index contributed by atoms with van der Waals surface area (Å²) in [5.74, 6) is -0.396. The molecular formula is C15H12N2O2S. The lowest BCUT2D eigenvalue weighted by Gasteiger charge is -1.99. The zero-order chi connectivity index (χ0) is 14.1. The summed E-state index contributed by atoms with van der Waals surface area (Å²) in [6, 6.07) is 9.86. The van der Waals surface area contributed by atoms with E-state index < -0.39 is 5.97 Å². The van der Waals surface area contributed by atoms with Crippen molar-refractivity contribution >= 4 is 28.2 Å². The van der Waals surface area contributed by atoms with Gasteiger partial charge in [0, 0.05) is 22.0 Å². The number of hydrogen-bond donors (Lipinski definition) is 0.